The van der Waals surface area contributed by atoms with Crippen molar-refractivity contribution in [2.45, 2.75) is 25.8 Å². The topological polar surface area (TPSA) is 61.4 Å². The summed E-state index contributed by atoms with van der Waals surface area (Å²) >= 11 is 6.33. The van der Waals surface area contributed by atoms with Gasteiger partial charge in [0, 0.05) is 31.1 Å². The lowest BCUT2D eigenvalue weighted by molar-refractivity contribution is -0.135. The van der Waals surface area contributed by atoms with Crippen LogP contribution in [0.4, 0.5) is 0 Å². The maximum Gasteiger partial charge on any atom is 0.242 e. The number of benzene rings is 2. The Labute approximate surface area is 183 Å². The number of halogens is 2. The smallest absolute Gasteiger partial charge is 0.242 e. The highest BCUT2D eigenvalue weighted by molar-refractivity contribution is 6.31. The summed E-state index contributed by atoms with van der Waals surface area (Å²) in [7, 11) is 0. The molecule has 1 heterocycles. The van der Waals surface area contributed by atoms with E-state index in [4.69, 9.17) is 11.6 Å². The minimum atomic E-state index is -0.126. The molecule has 2 amide bonds. The van der Waals surface area contributed by atoms with Crippen LogP contribution in [0.15, 0.2) is 48.5 Å². The molecule has 1 aliphatic rings. The largest absolute Gasteiger partial charge is 0.347 e. The fourth-order valence-electron chi connectivity index (χ4n) is 3.40. The Bertz CT molecular complexity index is 827. The predicted octanol–water partition coefficient (Wildman–Crippen LogP) is 3.29. The summed E-state index contributed by atoms with van der Waals surface area (Å²) in [5.41, 5.74) is 3.24. The second kappa shape index (κ2) is 11.2. The standard InChI is InChI=1S/C22H26ClN3O2.ClH/c1-16-6-8-17(9-7-16)10-11-21(27)25-15-22(28)26-13-12-24-14-20(26)18-4-2-3-5-19(18)23;/h2-9,20,24H,10-15H2,1H3,(H,25,27);1H. The Morgan fingerprint density at radius 1 is 1.17 bits per heavy atom. The van der Waals surface area contributed by atoms with Crippen LogP contribution in [0.25, 0.3) is 0 Å². The van der Waals surface area contributed by atoms with Gasteiger partial charge in [-0.25, -0.2) is 0 Å². The maximum absolute atomic E-state index is 12.7. The fraction of sp³-hybridized carbons (Fsp3) is 0.364. The van der Waals surface area contributed by atoms with Gasteiger partial charge >= 0.3 is 0 Å². The molecule has 29 heavy (non-hydrogen) atoms. The van der Waals surface area contributed by atoms with Gasteiger partial charge < -0.3 is 15.5 Å². The summed E-state index contributed by atoms with van der Waals surface area (Å²) in [5, 5.41) is 6.73. The lowest BCUT2D eigenvalue weighted by Crippen LogP contribution is -2.51. The van der Waals surface area contributed by atoms with Crippen molar-refractivity contribution >= 4 is 35.8 Å². The number of piperazine rings is 1. The van der Waals surface area contributed by atoms with Gasteiger partial charge in [-0.15, -0.1) is 12.4 Å². The van der Waals surface area contributed by atoms with E-state index in [0.717, 1.165) is 17.7 Å². The van der Waals surface area contributed by atoms with E-state index in [0.29, 0.717) is 31.0 Å². The number of hydrogen-bond donors (Lipinski definition) is 2. The Kier molecular flexibility index (Phi) is 8.96. The van der Waals surface area contributed by atoms with E-state index in [1.54, 1.807) is 4.90 Å². The summed E-state index contributed by atoms with van der Waals surface area (Å²) in [4.78, 5) is 26.7. The van der Waals surface area contributed by atoms with Crippen LogP contribution >= 0.6 is 24.0 Å². The van der Waals surface area contributed by atoms with Crippen molar-refractivity contribution in [3.8, 4) is 0 Å². The molecule has 2 aromatic rings. The third kappa shape index (κ3) is 6.46. The van der Waals surface area contributed by atoms with E-state index in [1.807, 2.05) is 55.5 Å². The molecule has 2 aromatic carbocycles. The van der Waals surface area contributed by atoms with Gasteiger partial charge in [-0.3, -0.25) is 9.59 Å². The van der Waals surface area contributed by atoms with Gasteiger partial charge in [0.15, 0.2) is 0 Å². The van der Waals surface area contributed by atoms with Gasteiger partial charge in [0.05, 0.1) is 12.6 Å². The first-order chi connectivity index (χ1) is 13.5. The molecule has 1 saturated heterocycles. The zero-order chi connectivity index (χ0) is 19.9. The summed E-state index contributed by atoms with van der Waals surface area (Å²) in [6.45, 7) is 4.01. The van der Waals surface area contributed by atoms with Crippen molar-refractivity contribution in [1.29, 1.82) is 0 Å². The number of nitrogens with one attached hydrogen (secondary N) is 2. The number of carbonyl (C=O) groups is 2. The highest BCUT2D eigenvalue weighted by Gasteiger charge is 2.29. The van der Waals surface area contributed by atoms with Gasteiger partial charge in [-0.1, -0.05) is 59.6 Å². The van der Waals surface area contributed by atoms with Crippen molar-refractivity contribution in [1.82, 2.24) is 15.5 Å². The van der Waals surface area contributed by atoms with E-state index < -0.39 is 0 Å². The zero-order valence-corrected chi connectivity index (χ0v) is 18.1. The van der Waals surface area contributed by atoms with Crippen molar-refractivity contribution < 1.29 is 9.59 Å². The normalized spacial score (nSPS) is 16.1. The highest BCUT2D eigenvalue weighted by atomic mass is 35.5. The number of carbonyl (C=O) groups excluding carboxylic acids is 2. The Hall–Kier alpha value is -2.08. The first-order valence-electron chi connectivity index (χ1n) is 9.61. The lowest BCUT2D eigenvalue weighted by atomic mass is 10.0. The average Bonchev–Trinajstić information content (AvgIpc) is 2.72. The molecular formula is C22H27Cl2N3O2. The number of amides is 2. The summed E-state index contributed by atoms with van der Waals surface area (Å²) in [5.74, 6) is -0.201. The van der Waals surface area contributed by atoms with Crippen LogP contribution in [-0.4, -0.2) is 42.9 Å². The molecule has 1 aliphatic heterocycles. The maximum atomic E-state index is 12.7. The van der Waals surface area contributed by atoms with Gasteiger partial charge in [0.2, 0.25) is 11.8 Å². The van der Waals surface area contributed by atoms with Crippen molar-refractivity contribution in [2.24, 2.45) is 0 Å². The van der Waals surface area contributed by atoms with Crippen LogP contribution in [0.5, 0.6) is 0 Å². The third-order valence-corrected chi connectivity index (χ3v) is 5.37. The minimum Gasteiger partial charge on any atom is -0.347 e. The van der Waals surface area contributed by atoms with Crippen LogP contribution < -0.4 is 10.6 Å². The lowest BCUT2D eigenvalue weighted by Gasteiger charge is -2.37. The van der Waals surface area contributed by atoms with Crippen molar-refractivity contribution in [2.75, 3.05) is 26.2 Å². The molecule has 0 radical (unpaired) electrons. The quantitative estimate of drug-likeness (QED) is 0.731. The number of rotatable bonds is 6. The molecule has 0 aromatic heterocycles. The van der Waals surface area contributed by atoms with Gasteiger partial charge in [0.1, 0.15) is 0 Å². The SMILES string of the molecule is Cc1ccc(CCC(=O)NCC(=O)N2CCNCC2c2ccccc2Cl)cc1.Cl. The van der Waals surface area contributed by atoms with E-state index in [-0.39, 0.29) is 36.8 Å². The van der Waals surface area contributed by atoms with Gasteiger partial charge in [0.25, 0.3) is 0 Å². The van der Waals surface area contributed by atoms with Gasteiger partial charge in [-0.2, -0.15) is 0 Å². The molecule has 156 valence electrons. The molecule has 7 heteroatoms. The van der Waals surface area contributed by atoms with Crippen LogP contribution in [0.2, 0.25) is 5.02 Å². The zero-order valence-electron chi connectivity index (χ0n) is 16.5. The first-order valence-corrected chi connectivity index (χ1v) is 9.99. The summed E-state index contributed by atoms with van der Waals surface area (Å²) in [6, 6.07) is 15.6. The monoisotopic (exact) mass is 435 g/mol. The molecule has 2 N–H and O–H groups in total. The molecule has 0 aliphatic carbocycles. The average molecular weight is 436 g/mol. The van der Waals surface area contributed by atoms with Gasteiger partial charge in [-0.05, 0) is 30.5 Å². The molecule has 3 rings (SSSR count). The fourth-order valence-corrected chi connectivity index (χ4v) is 3.66. The molecule has 5 nitrogen and oxygen atoms in total. The second-order valence-electron chi connectivity index (χ2n) is 7.09. The third-order valence-electron chi connectivity index (χ3n) is 5.03. The van der Waals surface area contributed by atoms with E-state index in [2.05, 4.69) is 10.6 Å². The van der Waals surface area contributed by atoms with Crippen LogP contribution in [-0.2, 0) is 16.0 Å². The Morgan fingerprint density at radius 2 is 1.90 bits per heavy atom. The Balaban J connectivity index is 0.00000300. The molecule has 1 unspecified atom stereocenters. The number of nitrogens with zero attached hydrogens (tertiary/aromatic N) is 1. The number of aryl methyl sites for hydroxylation is 2. The number of hydrogen-bond acceptors (Lipinski definition) is 3. The van der Waals surface area contributed by atoms with E-state index in [9.17, 15) is 9.59 Å². The van der Waals surface area contributed by atoms with Crippen molar-refractivity contribution in [3.05, 3.63) is 70.2 Å². The molecule has 0 bridgehead atoms. The molecule has 0 spiro atoms. The van der Waals surface area contributed by atoms with Crippen LogP contribution in [0.1, 0.15) is 29.2 Å². The molecule has 0 saturated carbocycles. The van der Waals surface area contributed by atoms with Crippen molar-refractivity contribution in [3.63, 3.8) is 0 Å². The first kappa shape index (κ1) is 23.2. The predicted molar refractivity (Wildman–Crippen MR) is 119 cm³/mol. The minimum absolute atomic E-state index is 0. The molecular weight excluding hydrogens is 409 g/mol. The summed E-state index contributed by atoms with van der Waals surface area (Å²) < 4.78 is 0. The summed E-state index contributed by atoms with van der Waals surface area (Å²) in [6.07, 6.45) is 1.03. The van der Waals surface area contributed by atoms with E-state index >= 15 is 0 Å². The molecule has 1 atom stereocenters. The van der Waals surface area contributed by atoms with E-state index in [1.165, 1.54) is 5.56 Å². The second-order valence-corrected chi connectivity index (χ2v) is 7.50. The Morgan fingerprint density at radius 3 is 2.62 bits per heavy atom. The highest BCUT2D eigenvalue weighted by Crippen LogP contribution is 2.28. The van der Waals surface area contributed by atoms with Crippen LogP contribution in [0, 0.1) is 6.92 Å². The molecule has 1 fully saturated rings. The van der Waals surface area contributed by atoms with Crippen LogP contribution in [0.3, 0.4) is 0 Å².